The van der Waals surface area contributed by atoms with Crippen LogP contribution in [0.2, 0.25) is 0 Å². The lowest BCUT2D eigenvalue weighted by molar-refractivity contribution is -0.0505. The molecule has 0 aromatic heterocycles. The van der Waals surface area contributed by atoms with Gasteiger partial charge in [0.15, 0.2) is 0 Å². The van der Waals surface area contributed by atoms with E-state index in [9.17, 15) is 8.78 Å². The van der Waals surface area contributed by atoms with Crippen LogP contribution < -0.4 is 4.74 Å². The molecule has 0 radical (unpaired) electrons. The fourth-order valence-electron chi connectivity index (χ4n) is 3.39. The third-order valence-electron chi connectivity index (χ3n) is 4.78. The first-order valence-electron chi connectivity index (χ1n) is 9.43. The number of ether oxygens (including phenoxy) is 1. The fraction of sp³-hybridized carbons (Fsp3) is 0.250. The van der Waals surface area contributed by atoms with Gasteiger partial charge in [0.2, 0.25) is 0 Å². The molecule has 28 heavy (non-hydrogen) atoms. The molecule has 1 nitrogen and oxygen atoms in total. The highest BCUT2D eigenvalue weighted by Gasteiger charge is 2.17. The molecule has 146 valence electrons. The largest absolute Gasteiger partial charge is 0.434 e. The summed E-state index contributed by atoms with van der Waals surface area (Å²) in [7, 11) is 0. The lowest BCUT2D eigenvalue weighted by Gasteiger charge is -2.14. The average molecular weight is 384 g/mol. The van der Waals surface area contributed by atoms with Crippen molar-refractivity contribution in [1.29, 1.82) is 0 Å². The van der Waals surface area contributed by atoms with Gasteiger partial charge in [-0.1, -0.05) is 55.8 Å². The number of fused-ring (bicyclic) bond motifs is 1. The molecule has 3 rings (SSSR count). The maximum Gasteiger partial charge on any atom is 0.387 e. The molecular formula is C24H23F3O. The van der Waals surface area contributed by atoms with E-state index in [0.29, 0.717) is 17.2 Å². The predicted molar refractivity (Wildman–Crippen MR) is 108 cm³/mol. The molecule has 0 aliphatic rings. The Bertz CT molecular complexity index is 962. The second-order valence-corrected chi connectivity index (χ2v) is 6.76. The Morgan fingerprint density at radius 2 is 1.71 bits per heavy atom. The summed E-state index contributed by atoms with van der Waals surface area (Å²) in [6.45, 7) is 2.74. The number of hydrogen-bond acceptors (Lipinski definition) is 1. The first kappa shape index (κ1) is 20.0. The molecule has 0 atom stereocenters. The second-order valence-electron chi connectivity index (χ2n) is 6.76. The molecule has 0 amide bonds. The summed E-state index contributed by atoms with van der Waals surface area (Å²) >= 11 is 0. The monoisotopic (exact) mass is 384 g/mol. The van der Waals surface area contributed by atoms with Crippen LogP contribution in [0.3, 0.4) is 0 Å². The topological polar surface area (TPSA) is 9.23 Å². The highest BCUT2D eigenvalue weighted by atomic mass is 19.3. The van der Waals surface area contributed by atoms with Crippen molar-refractivity contribution in [2.24, 2.45) is 0 Å². The third kappa shape index (κ3) is 4.38. The number of hydrogen-bond donors (Lipinski definition) is 0. The normalized spacial score (nSPS) is 11.2. The Morgan fingerprint density at radius 1 is 1.00 bits per heavy atom. The predicted octanol–water partition coefficient (Wildman–Crippen LogP) is 7.32. The van der Waals surface area contributed by atoms with Gasteiger partial charge in [0.1, 0.15) is 11.6 Å². The van der Waals surface area contributed by atoms with Crippen molar-refractivity contribution in [1.82, 2.24) is 0 Å². The van der Waals surface area contributed by atoms with Crippen LogP contribution >= 0.6 is 0 Å². The zero-order valence-corrected chi connectivity index (χ0v) is 15.9. The Kier molecular flexibility index (Phi) is 6.40. The van der Waals surface area contributed by atoms with E-state index in [-0.39, 0.29) is 17.7 Å². The number of rotatable bonds is 8. The molecule has 0 spiro atoms. The number of aryl methyl sites for hydroxylation is 1. The van der Waals surface area contributed by atoms with E-state index in [0.717, 1.165) is 24.0 Å². The zero-order valence-electron chi connectivity index (χ0n) is 15.9. The van der Waals surface area contributed by atoms with E-state index < -0.39 is 12.4 Å². The van der Waals surface area contributed by atoms with E-state index >= 15 is 4.39 Å². The first-order valence-corrected chi connectivity index (χ1v) is 9.43. The number of halogens is 3. The van der Waals surface area contributed by atoms with Gasteiger partial charge in [0.05, 0.1) is 0 Å². The molecule has 4 heteroatoms. The van der Waals surface area contributed by atoms with E-state index in [4.69, 9.17) is 0 Å². The molecule has 0 N–H and O–H groups in total. The summed E-state index contributed by atoms with van der Waals surface area (Å²) in [6.07, 6.45) is 4.46. The molecule has 0 aliphatic carbocycles. The van der Waals surface area contributed by atoms with Crippen LogP contribution in [-0.4, -0.2) is 6.61 Å². The second kappa shape index (κ2) is 8.96. The molecule has 3 aromatic rings. The van der Waals surface area contributed by atoms with E-state index in [2.05, 4.69) is 30.4 Å². The van der Waals surface area contributed by atoms with Crippen LogP contribution in [0.1, 0.15) is 30.9 Å². The van der Waals surface area contributed by atoms with E-state index in [1.807, 2.05) is 24.3 Å². The first-order chi connectivity index (χ1) is 13.5. The van der Waals surface area contributed by atoms with Crippen molar-refractivity contribution in [2.45, 2.75) is 39.2 Å². The summed E-state index contributed by atoms with van der Waals surface area (Å²) in [6, 6.07) is 15.1. The summed E-state index contributed by atoms with van der Waals surface area (Å²) in [5.41, 5.74) is 3.31. The van der Waals surface area contributed by atoms with Crippen LogP contribution in [0, 0.1) is 5.82 Å². The summed E-state index contributed by atoms with van der Waals surface area (Å²) in [4.78, 5) is 0. The minimum absolute atomic E-state index is 0.114. The molecule has 3 aromatic carbocycles. The summed E-state index contributed by atoms with van der Waals surface area (Å²) < 4.78 is 45.3. The van der Waals surface area contributed by atoms with Gasteiger partial charge in [-0.3, -0.25) is 0 Å². The Labute approximate surface area is 163 Å². The van der Waals surface area contributed by atoms with Gasteiger partial charge >= 0.3 is 6.61 Å². The highest BCUT2D eigenvalue weighted by molar-refractivity contribution is 5.90. The molecule has 0 fully saturated rings. The quantitative estimate of drug-likeness (QED) is 0.370. The van der Waals surface area contributed by atoms with Crippen LogP contribution in [-0.2, 0) is 12.8 Å². The smallest absolute Gasteiger partial charge is 0.387 e. The maximum atomic E-state index is 15.0. The highest BCUT2D eigenvalue weighted by Crippen LogP contribution is 2.34. The summed E-state index contributed by atoms with van der Waals surface area (Å²) in [5, 5.41) is 0.928. The molecule has 0 saturated heterocycles. The van der Waals surface area contributed by atoms with Crippen LogP contribution in [0.5, 0.6) is 5.75 Å². The SMILES string of the molecule is C=CCCc1c(OC(F)F)cc2cc(-c3ccc(CCC)cc3)ccc2c1F. The van der Waals surface area contributed by atoms with Gasteiger partial charge in [0.25, 0.3) is 0 Å². The van der Waals surface area contributed by atoms with Gasteiger partial charge < -0.3 is 4.74 Å². The zero-order chi connectivity index (χ0) is 20.1. The van der Waals surface area contributed by atoms with Gasteiger partial charge in [0, 0.05) is 10.9 Å². The molecule has 0 saturated carbocycles. The number of allylic oxidation sites excluding steroid dienone is 1. The van der Waals surface area contributed by atoms with Gasteiger partial charge in [-0.2, -0.15) is 8.78 Å². The summed E-state index contributed by atoms with van der Waals surface area (Å²) in [5.74, 6) is -0.628. The van der Waals surface area contributed by atoms with Crippen molar-refractivity contribution in [3.63, 3.8) is 0 Å². The van der Waals surface area contributed by atoms with Crippen LogP contribution in [0.15, 0.2) is 61.2 Å². The van der Waals surface area contributed by atoms with Crippen molar-refractivity contribution in [3.05, 3.63) is 78.1 Å². The van der Waals surface area contributed by atoms with Crippen molar-refractivity contribution in [3.8, 4) is 16.9 Å². The fourth-order valence-corrected chi connectivity index (χ4v) is 3.39. The third-order valence-corrected chi connectivity index (χ3v) is 4.78. The van der Waals surface area contributed by atoms with Crippen LogP contribution in [0.4, 0.5) is 13.2 Å². The molecule has 0 bridgehead atoms. The lowest BCUT2D eigenvalue weighted by Crippen LogP contribution is -2.06. The molecule has 0 aliphatic heterocycles. The standard InChI is InChI=1S/C24H23F3O/c1-3-5-7-21-22(28-24(26)27)15-19-14-18(12-13-20(19)23(21)25)17-10-8-16(6-4-2)9-11-17/h3,8-15,24H,1,4-7H2,2H3. The maximum absolute atomic E-state index is 15.0. The molecule has 0 heterocycles. The minimum atomic E-state index is -3.01. The Hall–Kier alpha value is -2.75. The number of benzene rings is 3. The Morgan fingerprint density at radius 3 is 2.36 bits per heavy atom. The van der Waals surface area contributed by atoms with E-state index in [1.54, 1.807) is 12.1 Å². The average Bonchev–Trinajstić information content (AvgIpc) is 2.68. The Balaban J connectivity index is 2.06. The van der Waals surface area contributed by atoms with Crippen LogP contribution in [0.25, 0.3) is 21.9 Å². The molecule has 0 unspecified atom stereocenters. The van der Waals surface area contributed by atoms with Crippen molar-refractivity contribution >= 4 is 10.8 Å². The van der Waals surface area contributed by atoms with Gasteiger partial charge in [-0.05, 0) is 53.5 Å². The van der Waals surface area contributed by atoms with Crippen molar-refractivity contribution < 1.29 is 17.9 Å². The van der Waals surface area contributed by atoms with E-state index in [1.165, 1.54) is 11.6 Å². The molecular weight excluding hydrogens is 361 g/mol. The van der Waals surface area contributed by atoms with Gasteiger partial charge in [-0.15, -0.1) is 6.58 Å². The van der Waals surface area contributed by atoms with Gasteiger partial charge in [-0.25, -0.2) is 4.39 Å². The lowest BCUT2D eigenvalue weighted by atomic mass is 9.96. The number of alkyl halides is 2. The minimum Gasteiger partial charge on any atom is -0.434 e. The van der Waals surface area contributed by atoms with Crippen molar-refractivity contribution in [2.75, 3.05) is 0 Å².